The third-order valence-electron chi connectivity index (χ3n) is 5.87. The van der Waals surface area contributed by atoms with Crippen molar-refractivity contribution in [3.63, 3.8) is 0 Å². The maximum atomic E-state index is 13.1. The topological polar surface area (TPSA) is 78.9 Å². The predicted octanol–water partition coefficient (Wildman–Crippen LogP) is 3.97. The van der Waals surface area contributed by atoms with Crippen molar-refractivity contribution in [3.8, 4) is 5.75 Å². The molecule has 0 saturated carbocycles. The average molecular weight is 492 g/mol. The van der Waals surface area contributed by atoms with Crippen molar-refractivity contribution in [2.75, 3.05) is 44.6 Å². The van der Waals surface area contributed by atoms with Gasteiger partial charge in [0, 0.05) is 44.0 Å². The van der Waals surface area contributed by atoms with E-state index in [1.807, 2.05) is 18.2 Å². The lowest BCUT2D eigenvalue weighted by molar-refractivity contribution is 0.0650. The summed E-state index contributed by atoms with van der Waals surface area (Å²) < 4.78 is 33.4. The van der Waals surface area contributed by atoms with Crippen LogP contribution in [0.5, 0.6) is 5.75 Å². The predicted molar refractivity (Wildman–Crippen MR) is 138 cm³/mol. The highest BCUT2D eigenvalue weighted by Gasteiger charge is 2.23. The normalized spacial score (nSPS) is 14.7. The van der Waals surface area contributed by atoms with Gasteiger partial charge in [-0.3, -0.25) is 14.4 Å². The number of hydrogen-bond donors (Lipinski definition) is 1. The Morgan fingerprint density at radius 3 is 2.34 bits per heavy atom. The molecule has 1 aliphatic rings. The highest BCUT2D eigenvalue weighted by molar-refractivity contribution is 7.92. The molecule has 3 aromatic carbocycles. The molecule has 0 aliphatic carbocycles. The lowest BCUT2D eigenvalue weighted by atomic mass is 10.1. The van der Waals surface area contributed by atoms with Crippen molar-refractivity contribution in [3.05, 3.63) is 96.1 Å². The second-order valence-corrected chi connectivity index (χ2v) is 9.95. The number of carbonyl (C=O) groups is 1. The highest BCUT2D eigenvalue weighted by Crippen LogP contribution is 2.21. The third kappa shape index (κ3) is 6.49. The first-order valence-corrected chi connectivity index (χ1v) is 12.9. The fraction of sp³-hybridized carbons (Fsp3) is 0.222. The van der Waals surface area contributed by atoms with Gasteiger partial charge in [-0.2, -0.15) is 0 Å². The molecule has 8 heteroatoms. The van der Waals surface area contributed by atoms with E-state index in [9.17, 15) is 13.2 Å². The molecule has 1 amide bonds. The summed E-state index contributed by atoms with van der Waals surface area (Å²) in [7, 11) is -2.29. The molecule has 35 heavy (non-hydrogen) atoms. The van der Waals surface area contributed by atoms with Crippen LogP contribution < -0.4 is 9.46 Å². The third-order valence-corrected chi connectivity index (χ3v) is 7.25. The minimum absolute atomic E-state index is 0.0452. The zero-order valence-corrected chi connectivity index (χ0v) is 20.4. The van der Waals surface area contributed by atoms with Gasteiger partial charge in [0.1, 0.15) is 5.75 Å². The van der Waals surface area contributed by atoms with Gasteiger partial charge in [-0.25, -0.2) is 8.42 Å². The molecule has 0 atom stereocenters. The van der Waals surface area contributed by atoms with Crippen molar-refractivity contribution in [2.45, 2.75) is 4.90 Å². The van der Waals surface area contributed by atoms with Crippen molar-refractivity contribution >= 4 is 27.7 Å². The SMILES string of the molecule is COc1ccc(NS(=O)(=O)c2cccc(C(=O)N3CCN(C/C=C/c4ccccc4)CC3)c2)cc1. The highest BCUT2D eigenvalue weighted by atomic mass is 32.2. The Morgan fingerprint density at radius 1 is 0.943 bits per heavy atom. The van der Waals surface area contributed by atoms with E-state index in [-0.39, 0.29) is 10.8 Å². The standard InChI is InChI=1S/C27H29N3O4S/c1-34-25-14-12-24(13-15-25)28-35(32,33)26-11-5-10-23(21-26)27(31)30-19-17-29(18-20-30)16-6-9-22-7-3-2-4-8-22/h2-15,21,28H,16-20H2,1H3/b9-6+. The molecule has 1 saturated heterocycles. The molecule has 3 aromatic rings. The fourth-order valence-corrected chi connectivity index (χ4v) is 4.99. The van der Waals surface area contributed by atoms with E-state index >= 15 is 0 Å². The van der Waals surface area contributed by atoms with E-state index in [4.69, 9.17) is 4.74 Å². The Labute approximate surface area is 206 Å². The number of anilines is 1. The minimum Gasteiger partial charge on any atom is -0.497 e. The van der Waals surface area contributed by atoms with Gasteiger partial charge in [-0.15, -0.1) is 0 Å². The Bertz CT molecular complexity index is 1270. The summed E-state index contributed by atoms with van der Waals surface area (Å²) in [6.07, 6.45) is 4.24. The Morgan fingerprint density at radius 2 is 1.66 bits per heavy atom. The maximum absolute atomic E-state index is 13.1. The zero-order chi connectivity index (χ0) is 24.7. The average Bonchev–Trinajstić information content (AvgIpc) is 2.90. The number of sulfonamides is 1. The number of carbonyl (C=O) groups excluding carboxylic acids is 1. The molecule has 1 heterocycles. The van der Waals surface area contributed by atoms with E-state index in [1.54, 1.807) is 48.4 Å². The van der Waals surface area contributed by atoms with E-state index in [0.29, 0.717) is 30.1 Å². The number of amides is 1. The monoisotopic (exact) mass is 491 g/mol. The molecule has 0 spiro atoms. The van der Waals surface area contributed by atoms with Crippen LogP contribution in [0.15, 0.2) is 89.8 Å². The van der Waals surface area contributed by atoms with Crippen LogP contribution in [0.25, 0.3) is 6.08 Å². The lowest BCUT2D eigenvalue weighted by Crippen LogP contribution is -2.48. The van der Waals surface area contributed by atoms with Crippen LogP contribution in [-0.2, 0) is 10.0 Å². The van der Waals surface area contributed by atoms with Gasteiger partial charge >= 0.3 is 0 Å². The number of piperazine rings is 1. The molecular formula is C27H29N3O4S. The lowest BCUT2D eigenvalue weighted by Gasteiger charge is -2.34. The molecule has 0 bridgehead atoms. The molecule has 4 rings (SSSR count). The summed E-state index contributed by atoms with van der Waals surface area (Å²) in [5.41, 5.74) is 1.94. The van der Waals surface area contributed by atoms with Crippen LogP contribution in [0.2, 0.25) is 0 Å². The summed E-state index contributed by atoms with van der Waals surface area (Å²) in [5.74, 6) is 0.471. The second kappa shape index (κ2) is 11.2. The van der Waals surface area contributed by atoms with Crippen LogP contribution in [0.4, 0.5) is 5.69 Å². The van der Waals surface area contributed by atoms with E-state index in [0.717, 1.165) is 25.2 Å². The molecule has 182 valence electrons. The number of ether oxygens (including phenoxy) is 1. The quantitative estimate of drug-likeness (QED) is 0.516. The van der Waals surface area contributed by atoms with Crippen LogP contribution in [0.1, 0.15) is 15.9 Å². The summed E-state index contributed by atoms with van der Waals surface area (Å²) in [6.45, 7) is 3.55. The Balaban J connectivity index is 1.35. The van der Waals surface area contributed by atoms with Crippen molar-refractivity contribution in [1.29, 1.82) is 0 Å². The fourth-order valence-electron chi connectivity index (χ4n) is 3.89. The number of methoxy groups -OCH3 is 1. The molecule has 1 aliphatic heterocycles. The van der Waals surface area contributed by atoms with Gasteiger partial charge in [0.15, 0.2) is 0 Å². The second-order valence-electron chi connectivity index (χ2n) is 8.27. The number of nitrogens with one attached hydrogen (secondary N) is 1. The zero-order valence-electron chi connectivity index (χ0n) is 19.6. The van der Waals surface area contributed by atoms with Gasteiger partial charge < -0.3 is 9.64 Å². The molecule has 0 radical (unpaired) electrons. The molecule has 1 fully saturated rings. The maximum Gasteiger partial charge on any atom is 0.261 e. The molecule has 7 nitrogen and oxygen atoms in total. The number of rotatable bonds is 8. The minimum atomic E-state index is -3.84. The molecule has 0 unspecified atom stereocenters. The van der Waals surface area contributed by atoms with Crippen molar-refractivity contribution in [1.82, 2.24) is 9.80 Å². The van der Waals surface area contributed by atoms with E-state index < -0.39 is 10.0 Å². The van der Waals surface area contributed by atoms with Crippen LogP contribution in [0.3, 0.4) is 0 Å². The van der Waals surface area contributed by atoms with Gasteiger partial charge in [-0.05, 0) is 48.0 Å². The molecule has 1 N–H and O–H groups in total. The van der Waals surface area contributed by atoms with Gasteiger partial charge in [0.2, 0.25) is 0 Å². The van der Waals surface area contributed by atoms with Crippen LogP contribution >= 0.6 is 0 Å². The Hall–Kier alpha value is -3.62. The van der Waals surface area contributed by atoms with E-state index in [1.165, 1.54) is 12.1 Å². The van der Waals surface area contributed by atoms with Gasteiger partial charge in [0.25, 0.3) is 15.9 Å². The van der Waals surface area contributed by atoms with E-state index in [2.05, 4.69) is 33.9 Å². The first-order chi connectivity index (χ1) is 16.9. The number of nitrogens with zero attached hydrogens (tertiary/aromatic N) is 2. The number of hydrogen-bond acceptors (Lipinski definition) is 5. The van der Waals surface area contributed by atoms with Crippen molar-refractivity contribution in [2.24, 2.45) is 0 Å². The summed E-state index contributed by atoms with van der Waals surface area (Å²) in [5, 5.41) is 0. The first kappa shape index (κ1) is 24.5. The van der Waals surface area contributed by atoms with Crippen LogP contribution in [0, 0.1) is 0 Å². The first-order valence-electron chi connectivity index (χ1n) is 11.4. The summed E-state index contributed by atoms with van der Waals surface area (Å²) >= 11 is 0. The summed E-state index contributed by atoms with van der Waals surface area (Å²) in [6, 6.07) is 22.9. The Kier molecular flexibility index (Phi) is 7.84. The molecule has 0 aromatic heterocycles. The largest absolute Gasteiger partial charge is 0.497 e. The summed E-state index contributed by atoms with van der Waals surface area (Å²) in [4.78, 5) is 17.2. The van der Waals surface area contributed by atoms with Gasteiger partial charge in [-0.1, -0.05) is 48.6 Å². The van der Waals surface area contributed by atoms with Gasteiger partial charge in [0.05, 0.1) is 12.0 Å². The smallest absolute Gasteiger partial charge is 0.261 e. The number of benzene rings is 3. The van der Waals surface area contributed by atoms with Crippen molar-refractivity contribution < 1.29 is 17.9 Å². The molecular weight excluding hydrogens is 462 g/mol. The van der Waals surface area contributed by atoms with Crippen LogP contribution in [-0.4, -0.2) is 64.0 Å².